The monoisotopic (exact) mass is 1230 g/mol. The second kappa shape index (κ2) is 77.1. The van der Waals surface area contributed by atoms with E-state index in [2.05, 4.69) is 31.3 Å². The zero-order valence-electron chi connectivity index (χ0n) is 59.5. The first-order valence-corrected chi connectivity index (χ1v) is 40.4. The molecule has 518 valence electrons. The van der Waals surface area contributed by atoms with Crippen LogP contribution in [0.25, 0.3) is 0 Å². The van der Waals surface area contributed by atoms with Crippen molar-refractivity contribution < 1.29 is 24.5 Å². The van der Waals surface area contributed by atoms with Gasteiger partial charge in [0.05, 0.1) is 25.4 Å². The van der Waals surface area contributed by atoms with E-state index in [9.17, 15) is 19.8 Å². The smallest absolute Gasteiger partial charge is 0.305 e. The quantitative estimate of drug-likeness (QED) is 0.0320. The van der Waals surface area contributed by atoms with Crippen molar-refractivity contribution in [1.29, 1.82) is 0 Å². The lowest BCUT2D eigenvalue weighted by molar-refractivity contribution is -0.143. The molecule has 0 aliphatic carbocycles. The van der Waals surface area contributed by atoms with Crippen molar-refractivity contribution in [2.45, 2.75) is 482 Å². The SMILES string of the molecule is CCCCCCCCCCCCCCCCCCCCCCCC(O)C(CO)NC(=O)CCCCCCCCCCCCCCCCCC/C=C\CCCCCCCCCCCCCCOC(=O)CCCCCCCCCCCCCCCCCCC. The Labute approximate surface area is 546 Å². The van der Waals surface area contributed by atoms with E-state index < -0.39 is 12.1 Å². The zero-order chi connectivity index (χ0) is 62.8. The van der Waals surface area contributed by atoms with Gasteiger partial charge in [-0.15, -0.1) is 0 Å². The van der Waals surface area contributed by atoms with Crippen molar-refractivity contribution in [3.8, 4) is 0 Å². The molecule has 0 spiro atoms. The normalized spacial score (nSPS) is 12.5. The number of esters is 1. The summed E-state index contributed by atoms with van der Waals surface area (Å²) in [5.74, 6) is -0.00304. The topological polar surface area (TPSA) is 95.9 Å². The van der Waals surface area contributed by atoms with E-state index in [1.807, 2.05) is 0 Å². The molecule has 1 amide bonds. The maximum atomic E-state index is 12.6. The summed E-state index contributed by atoms with van der Waals surface area (Å²) in [5.41, 5.74) is 0. The first-order chi connectivity index (χ1) is 43.0. The molecule has 0 aliphatic rings. The van der Waals surface area contributed by atoms with Gasteiger partial charge >= 0.3 is 5.97 Å². The summed E-state index contributed by atoms with van der Waals surface area (Å²) in [4.78, 5) is 24.7. The molecule has 0 heterocycles. The summed E-state index contributed by atoms with van der Waals surface area (Å²) >= 11 is 0. The van der Waals surface area contributed by atoms with Crippen molar-refractivity contribution in [1.82, 2.24) is 5.32 Å². The lowest BCUT2D eigenvalue weighted by Crippen LogP contribution is -2.45. The molecule has 6 nitrogen and oxygen atoms in total. The van der Waals surface area contributed by atoms with Crippen molar-refractivity contribution in [3.63, 3.8) is 0 Å². The van der Waals surface area contributed by atoms with E-state index in [1.165, 1.54) is 398 Å². The number of hydrogen-bond acceptors (Lipinski definition) is 5. The van der Waals surface area contributed by atoms with Gasteiger partial charge in [0.25, 0.3) is 0 Å². The highest BCUT2D eigenvalue weighted by Crippen LogP contribution is 2.20. The molecule has 0 aromatic rings. The number of rotatable bonds is 77. The third-order valence-electron chi connectivity index (χ3n) is 19.3. The van der Waals surface area contributed by atoms with E-state index in [0.717, 1.165) is 38.5 Å². The lowest BCUT2D eigenvalue weighted by atomic mass is 10.0. The molecule has 0 aliphatic heterocycles. The standard InChI is InChI=1S/C81H159NO5/c1-3-5-7-9-11-13-15-17-19-21-22-35-38-42-45-49-53-57-61-65-69-73-79(84)78(77-83)82-80(85)74-70-66-62-58-54-50-46-43-39-36-33-31-29-27-25-23-24-26-28-30-32-34-37-40-44-48-52-56-60-64-68-72-76-87-81(86)75-71-67-63-59-55-51-47-41-20-18-16-14-12-10-8-6-4-2/h26,28,78-79,83-84H,3-25,27,29-77H2,1-2H3,(H,82,85)/b28-26-. The summed E-state index contributed by atoms with van der Waals surface area (Å²) in [7, 11) is 0. The number of aliphatic hydroxyl groups is 2. The Hall–Kier alpha value is -1.40. The molecule has 0 saturated carbocycles. The van der Waals surface area contributed by atoms with Gasteiger partial charge in [0, 0.05) is 12.8 Å². The minimum absolute atomic E-state index is 0.0236. The Balaban J connectivity index is 3.34. The van der Waals surface area contributed by atoms with Gasteiger partial charge < -0.3 is 20.3 Å². The summed E-state index contributed by atoms with van der Waals surface area (Å²) in [6, 6.07) is -0.540. The van der Waals surface area contributed by atoms with Gasteiger partial charge in [-0.25, -0.2) is 0 Å². The molecular formula is C81H159NO5. The summed E-state index contributed by atoms with van der Waals surface area (Å²) in [6.45, 7) is 5.02. The number of ether oxygens (including phenoxy) is 1. The van der Waals surface area contributed by atoms with Crippen LogP contribution in [0.3, 0.4) is 0 Å². The summed E-state index contributed by atoms with van der Waals surface area (Å²) in [6.07, 6.45) is 97.4. The number of aliphatic hydroxyl groups excluding tert-OH is 2. The Morgan fingerprint density at radius 3 is 0.816 bits per heavy atom. The van der Waals surface area contributed by atoms with Gasteiger partial charge in [-0.2, -0.15) is 0 Å². The minimum atomic E-state index is -0.663. The van der Waals surface area contributed by atoms with Crippen molar-refractivity contribution in [3.05, 3.63) is 12.2 Å². The van der Waals surface area contributed by atoms with Gasteiger partial charge in [0.2, 0.25) is 5.91 Å². The fraction of sp³-hybridized carbons (Fsp3) is 0.951. The molecule has 87 heavy (non-hydrogen) atoms. The molecule has 2 unspecified atom stereocenters. The number of carbonyl (C=O) groups excluding carboxylic acids is 2. The van der Waals surface area contributed by atoms with E-state index in [4.69, 9.17) is 4.74 Å². The van der Waals surface area contributed by atoms with E-state index in [0.29, 0.717) is 25.9 Å². The molecule has 0 aromatic heterocycles. The average molecular weight is 1230 g/mol. The van der Waals surface area contributed by atoms with Crippen LogP contribution in [0.2, 0.25) is 0 Å². The van der Waals surface area contributed by atoms with Gasteiger partial charge in [-0.3, -0.25) is 9.59 Å². The molecule has 0 rings (SSSR count). The molecule has 0 radical (unpaired) electrons. The van der Waals surface area contributed by atoms with Crippen LogP contribution in [0.15, 0.2) is 12.2 Å². The Morgan fingerprint density at radius 1 is 0.310 bits per heavy atom. The van der Waals surface area contributed by atoms with Crippen molar-refractivity contribution in [2.75, 3.05) is 13.2 Å². The highest BCUT2D eigenvalue weighted by molar-refractivity contribution is 5.76. The third-order valence-corrected chi connectivity index (χ3v) is 19.3. The fourth-order valence-electron chi connectivity index (χ4n) is 13.2. The number of allylic oxidation sites excluding steroid dienone is 2. The molecule has 2 atom stereocenters. The Kier molecular flexibility index (Phi) is 75.8. The van der Waals surface area contributed by atoms with Gasteiger partial charge in [0.1, 0.15) is 0 Å². The molecular weight excluding hydrogens is 1070 g/mol. The van der Waals surface area contributed by atoms with Crippen LogP contribution < -0.4 is 5.32 Å². The third kappa shape index (κ3) is 73.5. The minimum Gasteiger partial charge on any atom is -0.466 e. The van der Waals surface area contributed by atoms with Crippen molar-refractivity contribution in [2.24, 2.45) is 0 Å². The highest BCUT2D eigenvalue weighted by Gasteiger charge is 2.20. The lowest BCUT2D eigenvalue weighted by Gasteiger charge is -2.22. The second-order valence-corrected chi connectivity index (χ2v) is 28.1. The van der Waals surface area contributed by atoms with E-state index in [-0.39, 0.29) is 18.5 Å². The number of hydrogen-bond donors (Lipinski definition) is 3. The van der Waals surface area contributed by atoms with Crippen LogP contribution >= 0.6 is 0 Å². The van der Waals surface area contributed by atoms with E-state index in [1.54, 1.807) is 0 Å². The van der Waals surface area contributed by atoms with E-state index >= 15 is 0 Å². The van der Waals surface area contributed by atoms with Crippen LogP contribution in [-0.2, 0) is 14.3 Å². The first-order valence-electron chi connectivity index (χ1n) is 40.4. The van der Waals surface area contributed by atoms with Crippen LogP contribution in [0.1, 0.15) is 470 Å². The van der Waals surface area contributed by atoms with Gasteiger partial charge in [-0.05, 0) is 51.4 Å². The summed E-state index contributed by atoms with van der Waals surface area (Å²) in [5, 5.41) is 23.5. The fourth-order valence-corrected chi connectivity index (χ4v) is 13.2. The van der Waals surface area contributed by atoms with Crippen molar-refractivity contribution >= 4 is 11.9 Å². The van der Waals surface area contributed by atoms with Crippen LogP contribution in [0, 0.1) is 0 Å². The Morgan fingerprint density at radius 2 is 0.540 bits per heavy atom. The molecule has 0 bridgehead atoms. The number of nitrogens with one attached hydrogen (secondary N) is 1. The second-order valence-electron chi connectivity index (χ2n) is 28.1. The molecule has 0 saturated heterocycles. The predicted molar refractivity (Wildman–Crippen MR) is 384 cm³/mol. The highest BCUT2D eigenvalue weighted by atomic mass is 16.5. The largest absolute Gasteiger partial charge is 0.466 e. The maximum Gasteiger partial charge on any atom is 0.305 e. The number of unbranched alkanes of at least 4 members (excludes halogenated alkanes) is 64. The summed E-state index contributed by atoms with van der Waals surface area (Å²) < 4.78 is 5.51. The first kappa shape index (κ1) is 85.6. The van der Waals surface area contributed by atoms with Gasteiger partial charge in [0.15, 0.2) is 0 Å². The molecule has 0 aromatic carbocycles. The maximum absolute atomic E-state index is 12.6. The average Bonchev–Trinajstić information content (AvgIpc) is 3.58. The molecule has 6 heteroatoms. The Bertz CT molecular complexity index is 1320. The number of amides is 1. The zero-order valence-corrected chi connectivity index (χ0v) is 59.5. The van der Waals surface area contributed by atoms with Crippen LogP contribution in [0.5, 0.6) is 0 Å². The molecule has 0 fully saturated rings. The van der Waals surface area contributed by atoms with Crippen LogP contribution in [0.4, 0.5) is 0 Å². The molecule has 3 N–H and O–H groups in total. The van der Waals surface area contributed by atoms with Gasteiger partial charge in [-0.1, -0.05) is 418 Å². The van der Waals surface area contributed by atoms with Crippen LogP contribution in [-0.4, -0.2) is 47.4 Å². The number of carbonyl (C=O) groups is 2. The predicted octanol–water partition coefficient (Wildman–Crippen LogP) is 26.7.